The van der Waals surface area contributed by atoms with Crippen LogP contribution in [0.1, 0.15) is 18.4 Å². The first-order valence-electron chi connectivity index (χ1n) is 10.9. The molecular weight excluding hydrogens is 362 g/mol. The number of benzene rings is 1. The molecule has 4 rings (SSSR count). The van der Waals surface area contributed by atoms with Crippen LogP contribution < -0.4 is 10.2 Å². The van der Waals surface area contributed by atoms with E-state index in [-0.39, 0.29) is 11.8 Å². The van der Waals surface area contributed by atoms with Crippen LogP contribution in [0.5, 0.6) is 0 Å². The van der Waals surface area contributed by atoms with Crippen LogP contribution in [0.4, 0.5) is 5.69 Å². The van der Waals surface area contributed by atoms with Crippen molar-refractivity contribution in [3.8, 4) is 0 Å². The van der Waals surface area contributed by atoms with Crippen LogP contribution in [0, 0.1) is 12.8 Å². The van der Waals surface area contributed by atoms with Gasteiger partial charge in [-0.1, -0.05) is 6.07 Å². The Balaban J connectivity index is 1.27. The lowest BCUT2D eigenvalue weighted by molar-refractivity contribution is -0.125. The maximum Gasteiger partial charge on any atom is 0.223 e. The molecule has 2 fully saturated rings. The molecule has 3 heterocycles. The Hall–Kier alpha value is -2.18. The second kappa shape index (κ2) is 9.09. The van der Waals surface area contributed by atoms with Gasteiger partial charge >= 0.3 is 0 Å². The number of hydrogen-bond acceptors (Lipinski definition) is 5. The molecule has 0 aliphatic carbocycles. The quantitative estimate of drug-likeness (QED) is 0.841. The molecule has 1 amide bonds. The van der Waals surface area contributed by atoms with E-state index in [1.54, 1.807) is 0 Å². The van der Waals surface area contributed by atoms with Gasteiger partial charge in [-0.25, -0.2) is 0 Å². The van der Waals surface area contributed by atoms with Crippen LogP contribution in [0.2, 0.25) is 0 Å². The number of amides is 1. The summed E-state index contributed by atoms with van der Waals surface area (Å²) in [5.41, 5.74) is 3.53. The van der Waals surface area contributed by atoms with E-state index in [0.29, 0.717) is 0 Å². The second-order valence-corrected chi connectivity index (χ2v) is 8.50. The third-order valence-corrected chi connectivity index (χ3v) is 6.48. The minimum atomic E-state index is 0.133. The van der Waals surface area contributed by atoms with Gasteiger partial charge in [0.15, 0.2) is 0 Å². The van der Waals surface area contributed by atoms with Crippen molar-refractivity contribution in [2.75, 3.05) is 64.3 Å². The fraction of sp³-hybridized carbons (Fsp3) is 0.565. The van der Waals surface area contributed by atoms with E-state index in [1.165, 1.54) is 16.6 Å². The molecule has 0 spiro atoms. The van der Waals surface area contributed by atoms with Gasteiger partial charge in [0.05, 0.1) is 5.52 Å². The lowest BCUT2D eigenvalue weighted by Crippen LogP contribution is -2.47. The Labute approximate surface area is 173 Å². The van der Waals surface area contributed by atoms with E-state index in [2.05, 4.69) is 57.2 Å². The van der Waals surface area contributed by atoms with E-state index >= 15 is 0 Å². The summed E-state index contributed by atoms with van der Waals surface area (Å²) in [4.78, 5) is 24.4. The Bertz CT molecular complexity index is 838. The predicted octanol–water partition coefficient (Wildman–Crippen LogP) is 2.12. The number of aryl methyl sites for hydroxylation is 1. The van der Waals surface area contributed by atoms with Crippen LogP contribution in [-0.4, -0.2) is 80.1 Å². The van der Waals surface area contributed by atoms with Gasteiger partial charge in [0.1, 0.15) is 0 Å². The average Bonchev–Trinajstić information content (AvgIpc) is 2.76. The highest BCUT2D eigenvalue weighted by molar-refractivity contribution is 5.93. The standard InChI is InChI=1S/C23H33N5O/c1-18-5-6-21(20-4-3-9-24-22(18)20)28-11-7-19(8-12-28)23(29)25-10-13-27-16-14-26(2)15-17-27/h3-6,9,19H,7-8,10-17H2,1-2H3,(H,25,29). The van der Waals surface area contributed by atoms with Gasteiger partial charge in [-0.15, -0.1) is 0 Å². The molecular formula is C23H33N5O. The molecule has 6 heteroatoms. The number of aromatic nitrogens is 1. The van der Waals surface area contributed by atoms with Gasteiger partial charge < -0.3 is 15.1 Å². The smallest absolute Gasteiger partial charge is 0.223 e. The van der Waals surface area contributed by atoms with Crippen LogP contribution in [-0.2, 0) is 4.79 Å². The van der Waals surface area contributed by atoms with Crippen molar-refractivity contribution in [3.05, 3.63) is 36.0 Å². The van der Waals surface area contributed by atoms with Crippen LogP contribution in [0.3, 0.4) is 0 Å². The maximum atomic E-state index is 12.6. The molecule has 0 radical (unpaired) electrons. The van der Waals surface area contributed by atoms with Crippen molar-refractivity contribution in [1.82, 2.24) is 20.1 Å². The SMILES string of the molecule is Cc1ccc(N2CCC(C(=O)NCCN3CCN(C)CC3)CC2)c2cccnc12. The second-order valence-electron chi connectivity index (χ2n) is 8.50. The fourth-order valence-corrected chi connectivity index (χ4v) is 4.51. The highest BCUT2D eigenvalue weighted by Gasteiger charge is 2.26. The summed E-state index contributed by atoms with van der Waals surface area (Å²) >= 11 is 0. The maximum absolute atomic E-state index is 12.6. The van der Waals surface area contributed by atoms with Crippen molar-refractivity contribution in [3.63, 3.8) is 0 Å². The highest BCUT2D eigenvalue weighted by atomic mass is 16.1. The number of piperazine rings is 1. The number of hydrogen-bond donors (Lipinski definition) is 1. The first-order chi connectivity index (χ1) is 14.1. The zero-order valence-electron chi connectivity index (χ0n) is 17.7. The summed E-state index contributed by atoms with van der Waals surface area (Å²) in [6, 6.07) is 8.52. The minimum Gasteiger partial charge on any atom is -0.371 e. The van der Waals surface area contributed by atoms with E-state index < -0.39 is 0 Å². The predicted molar refractivity (Wildman–Crippen MR) is 118 cm³/mol. The molecule has 0 bridgehead atoms. The molecule has 2 saturated heterocycles. The van der Waals surface area contributed by atoms with E-state index in [1.807, 2.05) is 12.3 Å². The number of fused-ring (bicyclic) bond motifs is 1. The highest BCUT2D eigenvalue weighted by Crippen LogP contribution is 2.31. The molecule has 1 N–H and O–H groups in total. The Morgan fingerprint density at radius 2 is 1.86 bits per heavy atom. The number of likely N-dealkylation sites (N-methyl/N-ethyl adjacent to an activating group) is 1. The molecule has 1 aromatic heterocycles. The first-order valence-corrected chi connectivity index (χ1v) is 10.9. The Morgan fingerprint density at radius 3 is 2.62 bits per heavy atom. The minimum absolute atomic E-state index is 0.133. The summed E-state index contributed by atoms with van der Waals surface area (Å²) in [6.07, 6.45) is 3.68. The van der Waals surface area contributed by atoms with E-state index in [9.17, 15) is 4.79 Å². The third kappa shape index (κ3) is 4.70. The van der Waals surface area contributed by atoms with E-state index in [0.717, 1.165) is 70.7 Å². The zero-order valence-corrected chi connectivity index (χ0v) is 17.7. The number of nitrogens with zero attached hydrogens (tertiary/aromatic N) is 4. The van der Waals surface area contributed by atoms with Crippen LogP contribution in [0.25, 0.3) is 10.9 Å². The summed E-state index contributed by atoms with van der Waals surface area (Å²) in [6.45, 7) is 10.1. The molecule has 6 nitrogen and oxygen atoms in total. The summed E-state index contributed by atoms with van der Waals surface area (Å²) in [5, 5.41) is 4.39. The number of rotatable bonds is 5. The lowest BCUT2D eigenvalue weighted by Gasteiger charge is -2.34. The third-order valence-electron chi connectivity index (χ3n) is 6.48. The molecule has 2 aliphatic rings. The van der Waals surface area contributed by atoms with Gasteiger partial charge in [0, 0.05) is 75.5 Å². The number of anilines is 1. The number of nitrogens with one attached hydrogen (secondary N) is 1. The Morgan fingerprint density at radius 1 is 1.10 bits per heavy atom. The number of pyridine rings is 1. The lowest BCUT2D eigenvalue weighted by atomic mass is 9.95. The number of carbonyl (C=O) groups excluding carboxylic acids is 1. The number of carbonyl (C=O) groups is 1. The van der Waals surface area contributed by atoms with Crippen molar-refractivity contribution < 1.29 is 4.79 Å². The molecule has 0 atom stereocenters. The van der Waals surface area contributed by atoms with E-state index in [4.69, 9.17) is 0 Å². The molecule has 1 aromatic carbocycles. The molecule has 2 aliphatic heterocycles. The molecule has 2 aromatic rings. The normalized spacial score (nSPS) is 19.6. The van der Waals surface area contributed by atoms with Crippen molar-refractivity contribution >= 4 is 22.5 Å². The van der Waals surface area contributed by atoms with Crippen molar-refractivity contribution in [2.24, 2.45) is 5.92 Å². The fourth-order valence-electron chi connectivity index (χ4n) is 4.51. The van der Waals surface area contributed by atoms with Crippen LogP contribution in [0.15, 0.2) is 30.5 Å². The van der Waals surface area contributed by atoms with Gasteiger partial charge in [0.2, 0.25) is 5.91 Å². The van der Waals surface area contributed by atoms with Gasteiger partial charge in [-0.2, -0.15) is 0 Å². The van der Waals surface area contributed by atoms with Gasteiger partial charge in [-0.3, -0.25) is 14.7 Å². The Kier molecular flexibility index (Phi) is 6.31. The van der Waals surface area contributed by atoms with Crippen molar-refractivity contribution in [1.29, 1.82) is 0 Å². The largest absolute Gasteiger partial charge is 0.371 e. The molecule has 156 valence electrons. The average molecular weight is 396 g/mol. The summed E-state index contributed by atoms with van der Waals surface area (Å²) in [5.74, 6) is 0.364. The monoisotopic (exact) mass is 395 g/mol. The summed E-state index contributed by atoms with van der Waals surface area (Å²) in [7, 11) is 2.17. The molecule has 0 saturated carbocycles. The van der Waals surface area contributed by atoms with Gasteiger partial charge in [-0.05, 0) is 50.6 Å². The number of piperidine rings is 1. The molecule has 29 heavy (non-hydrogen) atoms. The first kappa shape index (κ1) is 20.1. The topological polar surface area (TPSA) is 51.7 Å². The zero-order chi connectivity index (χ0) is 20.2. The van der Waals surface area contributed by atoms with Crippen molar-refractivity contribution in [2.45, 2.75) is 19.8 Å². The van der Waals surface area contributed by atoms with Crippen LogP contribution >= 0.6 is 0 Å². The van der Waals surface area contributed by atoms with Gasteiger partial charge in [0.25, 0.3) is 0 Å². The summed E-state index contributed by atoms with van der Waals surface area (Å²) < 4.78 is 0. The molecule has 0 unspecified atom stereocenters.